The van der Waals surface area contributed by atoms with Gasteiger partial charge in [-0.2, -0.15) is 4.98 Å². The minimum Gasteiger partial charge on any atom is -0.485 e. The summed E-state index contributed by atoms with van der Waals surface area (Å²) in [6.45, 7) is 2.35. The van der Waals surface area contributed by atoms with Gasteiger partial charge in [-0.25, -0.2) is 0 Å². The fourth-order valence-corrected chi connectivity index (χ4v) is 2.21. The number of ether oxygens (including phenoxy) is 1. The summed E-state index contributed by atoms with van der Waals surface area (Å²) in [6, 6.07) is 5.90. The Morgan fingerprint density at radius 3 is 3.00 bits per heavy atom. The minimum absolute atomic E-state index is 0.346. The largest absolute Gasteiger partial charge is 0.485 e. The molecule has 0 bridgehead atoms. The van der Waals surface area contributed by atoms with E-state index in [1.165, 1.54) is 0 Å². The van der Waals surface area contributed by atoms with Gasteiger partial charge in [0.05, 0.1) is 0 Å². The molecule has 1 aromatic heterocycles. The number of nitrogens with zero attached hydrogens (tertiary/aromatic N) is 2. The molecule has 0 aliphatic heterocycles. The molecule has 5 heteroatoms. The standard InChI is InChI=1S/C13H13BrN2O2/c1-8-6-10(14)4-5-11(8)17-7-12-15-13(18-16-12)9-2-3-9/h4-6,9H,2-3,7H2,1H3. The van der Waals surface area contributed by atoms with Gasteiger partial charge in [-0.3, -0.25) is 0 Å². The molecular formula is C13H13BrN2O2. The Morgan fingerprint density at radius 2 is 2.28 bits per heavy atom. The number of aryl methyl sites for hydroxylation is 1. The van der Waals surface area contributed by atoms with Crippen LogP contribution in [-0.4, -0.2) is 10.1 Å². The fourth-order valence-electron chi connectivity index (χ4n) is 1.74. The van der Waals surface area contributed by atoms with Crippen LogP contribution < -0.4 is 4.74 Å². The smallest absolute Gasteiger partial charge is 0.229 e. The van der Waals surface area contributed by atoms with E-state index in [1.54, 1.807) is 0 Å². The van der Waals surface area contributed by atoms with Gasteiger partial charge < -0.3 is 9.26 Å². The average molecular weight is 309 g/mol. The van der Waals surface area contributed by atoms with Crippen LogP contribution in [-0.2, 0) is 6.61 Å². The molecule has 4 nitrogen and oxygen atoms in total. The highest BCUT2D eigenvalue weighted by Gasteiger charge is 2.29. The summed E-state index contributed by atoms with van der Waals surface area (Å²) >= 11 is 3.42. The first kappa shape index (κ1) is 11.7. The number of hydrogen-bond donors (Lipinski definition) is 0. The average Bonchev–Trinajstić information content (AvgIpc) is 3.08. The third kappa shape index (κ3) is 2.56. The Kier molecular flexibility index (Phi) is 3.07. The van der Waals surface area contributed by atoms with Gasteiger partial charge in [-0.05, 0) is 43.5 Å². The Labute approximate surface area is 113 Å². The zero-order valence-electron chi connectivity index (χ0n) is 10.0. The van der Waals surface area contributed by atoms with Crippen molar-refractivity contribution in [3.63, 3.8) is 0 Å². The van der Waals surface area contributed by atoms with Crippen molar-refractivity contribution in [1.29, 1.82) is 0 Å². The molecule has 0 radical (unpaired) electrons. The third-order valence-electron chi connectivity index (χ3n) is 2.90. The summed E-state index contributed by atoms with van der Waals surface area (Å²) in [4.78, 5) is 4.32. The van der Waals surface area contributed by atoms with Crippen LogP contribution in [0.4, 0.5) is 0 Å². The molecular weight excluding hydrogens is 296 g/mol. The molecule has 1 aliphatic carbocycles. The Balaban J connectivity index is 1.65. The van der Waals surface area contributed by atoms with Crippen molar-refractivity contribution in [2.45, 2.75) is 32.3 Å². The first-order valence-electron chi connectivity index (χ1n) is 5.94. The summed E-state index contributed by atoms with van der Waals surface area (Å²) in [5.74, 6) is 2.69. The molecule has 0 unspecified atom stereocenters. The molecule has 0 atom stereocenters. The molecule has 1 aliphatic rings. The van der Waals surface area contributed by atoms with Crippen LogP contribution in [0.2, 0.25) is 0 Å². The second-order valence-electron chi connectivity index (χ2n) is 4.52. The Hall–Kier alpha value is -1.36. The highest BCUT2D eigenvalue weighted by Crippen LogP contribution is 2.38. The van der Waals surface area contributed by atoms with Crippen molar-refractivity contribution in [2.75, 3.05) is 0 Å². The topological polar surface area (TPSA) is 48.2 Å². The third-order valence-corrected chi connectivity index (χ3v) is 3.40. The lowest BCUT2D eigenvalue weighted by molar-refractivity contribution is 0.283. The van der Waals surface area contributed by atoms with E-state index < -0.39 is 0 Å². The van der Waals surface area contributed by atoms with Gasteiger partial charge in [0, 0.05) is 10.4 Å². The Bertz CT molecular complexity index is 564. The molecule has 3 rings (SSSR count). The van der Waals surface area contributed by atoms with Crippen molar-refractivity contribution in [3.05, 3.63) is 40.0 Å². The quantitative estimate of drug-likeness (QED) is 0.866. The number of aromatic nitrogens is 2. The van der Waals surface area contributed by atoms with Crippen molar-refractivity contribution >= 4 is 15.9 Å². The first-order chi connectivity index (χ1) is 8.72. The summed E-state index contributed by atoms with van der Waals surface area (Å²) in [7, 11) is 0. The lowest BCUT2D eigenvalue weighted by atomic mass is 10.2. The second-order valence-corrected chi connectivity index (χ2v) is 5.44. The predicted octanol–water partition coefficient (Wildman–Crippen LogP) is 3.60. The summed E-state index contributed by atoms with van der Waals surface area (Å²) in [5, 5.41) is 3.92. The maximum atomic E-state index is 5.69. The van der Waals surface area contributed by atoms with E-state index in [0.717, 1.165) is 34.5 Å². The molecule has 0 spiro atoms. The summed E-state index contributed by atoms with van der Waals surface area (Å²) in [6.07, 6.45) is 2.32. The molecule has 1 heterocycles. The van der Waals surface area contributed by atoms with E-state index in [9.17, 15) is 0 Å². The number of halogens is 1. The number of benzene rings is 1. The highest BCUT2D eigenvalue weighted by molar-refractivity contribution is 9.10. The van der Waals surface area contributed by atoms with E-state index in [1.807, 2.05) is 25.1 Å². The second kappa shape index (κ2) is 4.72. The molecule has 0 saturated heterocycles. The van der Waals surface area contributed by atoms with Crippen molar-refractivity contribution in [1.82, 2.24) is 10.1 Å². The molecule has 2 aromatic rings. The van der Waals surface area contributed by atoms with Crippen molar-refractivity contribution in [2.24, 2.45) is 0 Å². The van der Waals surface area contributed by atoms with Crippen LogP contribution in [0.1, 0.15) is 36.0 Å². The minimum atomic E-state index is 0.346. The molecule has 0 amide bonds. The fraction of sp³-hybridized carbons (Fsp3) is 0.385. The maximum Gasteiger partial charge on any atom is 0.229 e. The van der Waals surface area contributed by atoms with Gasteiger partial charge in [0.15, 0.2) is 6.61 Å². The van der Waals surface area contributed by atoms with E-state index in [4.69, 9.17) is 9.26 Å². The van der Waals surface area contributed by atoms with Gasteiger partial charge in [0.25, 0.3) is 0 Å². The van der Waals surface area contributed by atoms with Crippen LogP contribution in [0.5, 0.6) is 5.75 Å². The SMILES string of the molecule is Cc1cc(Br)ccc1OCc1noc(C2CC2)n1. The van der Waals surface area contributed by atoms with Gasteiger partial charge >= 0.3 is 0 Å². The van der Waals surface area contributed by atoms with Crippen molar-refractivity contribution < 1.29 is 9.26 Å². The van der Waals surface area contributed by atoms with E-state index >= 15 is 0 Å². The molecule has 18 heavy (non-hydrogen) atoms. The van der Waals surface area contributed by atoms with Gasteiger partial charge in [-0.15, -0.1) is 0 Å². The van der Waals surface area contributed by atoms with E-state index in [0.29, 0.717) is 18.3 Å². The lowest BCUT2D eigenvalue weighted by Crippen LogP contribution is -1.99. The Morgan fingerprint density at radius 1 is 1.44 bits per heavy atom. The molecule has 1 saturated carbocycles. The van der Waals surface area contributed by atoms with Gasteiger partial charge in [0.2, 0.25) is 11.7 Å². The summed E-state index contributed by atoms with van der Waals surface area (Å²) < 4.78 is 11.9. The molecule has 1 fully saturated rings. The highest BCUT2D eigenvalue weighted by atomic mass is 79.9. The van der Waals surface area contributed by atoms with Gasteiger partial charge in [-0.1, -0.05) is 21.1 Å². The molecule has 94 valence electrons. The van der Waals surface area contributed by atoms with Crippen LogP contribution in [0.25, 0.3) is 0 Å². The zero-order valence-corrected chi connectivity index (χ0v) is 11.6. The monoisotopic (exact) mass is 308 g/mol. The zero-order chi connectivity index (χ0) is 12.5. The van der Waals surface area contributed by atoms with Gasteiger partial charge in [0.1, 0.15) is 5.75 Å². The lowest BCUT2D eigenvalue weighted by Gasteiger charge is -2.06. The van der Waals surface area contributed by atoms with Crippen LogP contribution in [0.15, 0.2) is 27.2 Å². The first-order valence-corrected chi connectivity index (χ1v) is 6.73. The predicted molar refractivity (Wildman–Crippen MR) is 69.5 cm³/mol. The van der Waals surface area contributed by atoms with E-state index in [-0.39, 0.29) is 0 Å². The van der Waals surface area contributed by atoms with Crippen molar-refractivity contribution in [3.8, 4) is 5.75 Å². The maximum absolute atomic E-state index is 5.69. The molecule has 1 aromatic carbocycles. The van der Waals surface area contributed by atoms with Crippen LogP contribution >= 0.6 is 15.9 Å². The normalized spacial score (nSPS) is 14.8. The number of hydrogen-bond acceptors (Lipinski definition) is 4. The van der Waals surface area contributed by atoms with Crippen LogP contribution in [0.3, 0.4) is 0 Å². The van der Waals surface area contributed by atoms with E-state index in [2.05, 4.69) is 26.1 Å². The summed E-state index contributed by atoms with van der Waals surface area (Å²) in [5.41, 5.74) is 1.08. The number of rotatable bonds is 4. The van der Waals surface area contributed by atoms with Crippen LogP contribution in [0, 0.1) is 6.92 Å². The molecule has 0 N–H and O–H groups in total.